The average molecular weight is 327 g/mol. The van der Waals surface area contributed by atoms with Crippen molar-refractivity contribution < 1.29 is 4.39 Å². The minimum absolute atomic E-state index is 0.240. The molecule has 4 rings (SSSR count). The number of aryl methyl sites for hydroxylation is 1. The molecule has 1 fully saturated rings. The van der Waals surface area contributed by atoms with Gasteiger partial charge in [-0.15, -0.1) is 0 Å². The Morgan fingerprint density at radius 3 is 3.00 bits per heavy atom. The molecule has 0 N–H and O–H groups in total. The minimum atomic E-state index is -0.240. The average Bonchev–Trinajstić information content (AvgIpc) is 3.30. The van der Waals surface area contributed by atoms with Crippen molar-refractivity contribution >= 4 is 11.0 Å². The quantitative estimate of drug-likeness (QED) is 0.723. The summed E-state index contributed by atoms with van der Waals surface area (Å²) >= 11 is 0. The first-order valence-corrected chi connectivity index (χ1v) is 8.61. The van der Waals surface area contributed by atoms with Crippen molar-refractivity contribution in [1.82, 2.24) is 24.2 Å². The van der Waals surface area contributed by atoms with Crippen molar-refractivity contribution in [3.05, 3.63) is 48.3 Å². The van der Waals surface area contributed by atoms with Gasteiger partial charge in [-0.1, -0.05) is 6.07 Å². The SMILES string of the molecule is CCn1c(CN2CCC[C@H]2Cn2cccn2)nc2c(F)cccc21. The fraction of sp³-hybridized carbons (Fsp3) is 0.444. The molecule has 0 amide bonds. The molecule has 1 atom stereocenters. The van der Waals surface area contributed by atoms with E-state index in [-0.39, 0.29) is 5.82 Å². The van der Waals surface area contributed by atoms with Crippen molar-refractivity contribution in [1.29, 1.82) is 0 Å². The molecule has 126 valence electrons. The molecule has 2 aromatic heterocycles. The highest BCUT2D eigenvalue weighted by Crippen LogP contribution is 2.24. The maximum Gasteiger partial charge on any atom is 0.151 e. The molecule has 6 heteroatoms. The first kappa shape index (κ1) is 15.3. The second kappa shape index (κ2) is 6.36. The van der Waals surface area contributed by atoms with E-state index in [1.807, 2.05) is 29.2 Å². The van der Waals surface area contributed by atoms with Crippen LogP contribution in [0.15, 0.2) is 36.7 Å². The van der Waals surface area contributed by atoms with Crippen molar-refractivity contribution in [3.8, 4) is 0 Å². The van der Waals surface area contributed by atoms with Crippen LogP contribution in [0.1, 0.15) is 25.6 Å². The molecule has 3 aromatic rings. The van der Waals surface area contributed by atoms with E-state index < -0.39 is 0 Å². The molecule has 0 aliphatic carbocycles. The third-order valence-electron chi connectivity index (χ3n) is 4.93. The normalized spacial score (nSPS) is 18.7. The Labute approximate surface area is 140 Å². The van der Waals surface area contributed by atoms with E-state index in [4.69, 9.17) is 0 Å². The van der Waals surface area contributed by atoms with Crippen LogP contribution in [0.2, 0.25) is 0 Å². The highest BCUT2D eigenvalue weighted by atomic mass is 19.1. The molecule has 3 heterocycles. The number of benzene rings is 1. The number of hydrogen-bond acceptors (Lipinski definition) is 3. The Morgan fingerprint density at radius 2 is 2.21 bits per heavy atom. The highest BCUT2D eigenvalue weighted by molar-refractivity contribution is 5.76. The predicted molar refractivity (Wildman–Crippen MR) is 91.0 cm³/mol. The van der Waals surface area contributed by atoms with Gasteiger partial charge >= 0.3 is 0 Å². The second-order valence-electron chi connectivity index (χ2n) is 6.37. The Kier molecular flexibility index (Phi) is 4.06. The molecule has 1 saturated heterocycles. The number of likely N-dealkylation sites (tertiary alicyclic amines) is 1. The molecule has 5 nitrogen and oxygen atoms in total. The Bertz CT molecular complexity index is 823. The second-order valence-corrected chi connectivity index (χ2v) is 6.37. The number of imidazole rings is 1. The van der Waals surface area contributed by atoms with Crippen molar-refractivity contribution in [2.75, 3.05) is 6.54 Å². The zero-order valence-electron chi connectivity index (χ0n) is 13.9. The van der Waals surface area contributed by atoms with Gasteiger partial charge in [0.25, 0.3) is 0 Å². The summed E-state index contributed by atoms with van der Waals surface area (Å²) in [6.45, 7) is 5.59. The van der Waals surface area contributed by atoms with E-state index in [1.54, 1.807) is 6.07 Å². The fourth-order valence-electron chi connectivity index (χ4n) is 3.75. The number of rotatable bonds is 5. The van der Waals surface area contributed by atoms with E-state index in [1.165, 1.54) is 18.9 Å². The third kappa shape index (κ3) is 2.71. The molecule has 24 heavy (non-hydrogen) atoms. The maximum absolute atomic E-state index is 14.1. The first-order valence-electron chi connectivity index (χ1n) is 8.61. The molecule has 0 radical (unpaired) electrons. The van der Waals surface area contributed by atoms with E-state index in [0.29, 0.717) is 11.6 Å². The lowest BCUT2D eigenvalue weighted by Crippen LogP contribution is -2.33. The van der Waals surface area contributed by atoms with Crippen molar-refractivity contribution in [2.45, 2.75) is 45.4 Å². The smallest absolute Gasteiger partial charge is 0.151 e. The van der Waals surface area contributed by atoms with Gasteiger partial charge in [0.2, 0.25) is 0 Å². The summed E-state index contributed by atoms with van der Waals surface area (Å²) in [5, 5.41) is 4.32. The van der Waals surface area contributed by atoms with Crippen LogP contribution in [-0.2, 0) is 19.6 Å². The summed E-state index contributed by atoms with van der Waals surface area (Å²) < 4.78 is 18.2. The molecular weight excluding hydrogens is 305 g/mol. The van der Waals surface area contributed by atoms with Crippen LogP contribution in [-0.4, -0.2) is 36.8 Å². The lowest BCUT2D eigenvalue weighted by Gasteiger charge is -2.24. The molecular formula is C18H22FN5. The topological polar surface area (TPSA) is 38.9 Å². The van der Waals surface area contributed by atoms with E-state index in [0.717, 1.165) is 37.5 Å². The lowest BCUT2D eigenvalue weighted by molar-refractivity contribution is 0.212. The monoisotopic (exact) mass is 327 g/mol. The number of halogens is 1. The van der Waals surface area contributed by atoms with Crippen LogP contribution in [0, 0.1) is 5.82 Å². The molecule has 0 spiro atoms. The maximum atomic E-state index is 14.1. The molecule has 1 aliphatic heterocycles. The Balaban J connectivity index is 1.60. The summed E-state index contributed by atoms with van der Waals surface area (Å²) in [7, 11) is 0. The van der Waals surface area contributed by atoms with E-state index >= 15 is 0 Å². The molecule has 1 aromatic carbocycles. The lowest BCUT2D eigenvalue weighted by atomic mass is 10.2. The van der Waals surface area contributed by atoms with E-state index in [2.05, 4.69) is 26.5 Å². The minimum Gasteiger partial charge on any atom is -0.327 e. The third-order valence-corrected chi connectivity index (χ3v) is 4.93. The summed E-state index contributed by atoms with van der Waals surface area (Å²) in [6, 6.07) is 7.60. The van der Waals surface area contributed by atoms with Crippen LogP contribution < -0.4 is 0 Å². The van der Waals surface area contributed by atoms with Gasteiger partial charge in [-0.05, 0) is 44.5 Å². The molecule has 1 aliphatic rings. The molecule has 0 unspecified atom stereocenters. The van der Waals surface area contributed by atoms with Gasteiger partial charge in [0.05, 0.1) is 18.6 Å². The fourth-order valence-corrected chi connectivity index (χ4v) is 3.75. The summed E-state index contributed by atoms with van der Waals surface area (Å²) in [4.78, 5) is 7.05. The van der Waals surface area contributed by atoms with Crippen LogP contribution >= 0.6 is 0 Å². The van der Waals surface area contributed by atoms with Gasteiger partial charge in [0, 0.05) is 25.0 Å². The van der Waals surface area contributed by atoms with Gasteiger partial charge in [-0.2, -0.15) is 5.10 Å². The standard InChI is InChI=1S/C18H22FN5/c1-2-24-16-8-3-7-15(19)18(16)21-17(24)13-22-10-4-6-14(22)12-23-11-5-9-20-23/h3,5,7-9,11,14H,2,4,6,10,12-13H2,1H3/t14-/m0/s1. The van der Waals surface area contributed by atoms with E-state index in [9.17, 15) is 4.39 Å². The van der Waals surface area contributed by atoms with Gasteiger partial charge in [0.1, 0.15) is 11.3 Å². The Hall–Kier alpha value is -2.21. The van der Waals surface area contributed by atoms with Crippen molar-refractivity contribution in [2.24, 2.45) is 0 Å². The van der Waals surface area contributed by atoms with Gasteiger partial charge in [-0.3, -0.25) is 9.58 Å². The number of aromatic nitrogens is 4. The Morgan fingerprint density at radius 1 is 1.29 bits per heavy atom. The number of nitrogens with zero attached hydrogens (tertiary/aromatic N) is 5. The summed E-state index contributed by atoms with van der Waals surface area (Å²) in [6.07, 6.45) is 6.18. The van der Waals surface area contributed by atoms with Crippen molar-refractivity contribution in [3.63, 3.8) is 0 Å². The number of fused-ring (bicyclic) bond motifs is 1. The largest absolute Gasteiger partial charge is 0.327 e. The summed E-state index contributed by atoms with van der Waals surface area (Å²) in [5.41, 5.74) is 1.37. The van der Waals surface area contributed by atoms with Gasteiger partial charge in [-0.25, -0.2) is 9.37 Å². The van der Waals surface area contributed by atoms with Crippen LogP contribution in [0.3, 0.4) is 0 Å². The van der Waals surface area contributed by atoms with Crippen LogP contribution in [0.4, 0.5) is 4.39 Å². The van der Waals surface area contributed by atoms with Gasteiger partial charge < -0.3 is 4.57 Å². The predicted octanol–water partition coefficient (Wildman–Crippen LogP) is 3.06. The van der Waals surface area contributed by atoms with Crippen LogP contribution in [0.25, 0.3) is 11.0 Å². The first-order chi connectivity index (χ1) is 11.8. The van der Waals surface area contributed by atoms with Crippen LogP contribution in [0.5, 0.6) is 0 Å². The number of para-hydroxylation sites is 1. The highest BCUT2D eigenvalue weighted by Gasteiger charge is 2.27. The summed E-state index contributed by atoms with van der Waals surface area (Å²) in [5.74, 6) is 0.709. The zero-order chi connectivity index (χ0) is 16.5. The molecule has 0 bridgehead atoms. The van der Waals surface area contributed by atoms with Gasteiger partial charge in [0.15, 0.2) is 5.82 Å². The molecule has 0 saturated carbocycles. The zero-order valence-corrected chi connectivity index (χ0v) is 13.9. The number of hydrogen-bond donors (Lipinski definition) is 0.